The average Bonchev–Trinajstić information content (AvgIpc) is 2.14. The molecule has 0 aromatic heterocycles. The summed E-state index contributed by atoms with van der Waals surface area (Å²) in [5.74, 6) is -0.596. The highest BCUT2D eigenvalue weighted by Gasteiger charge is 2.45. The molecule has 3 atom stereocenters. The molecule has 7 heteroatoms. The molecule has 0 bridgehead atoms. The number of aliphatic hydroxyl groups excluding tert-OH is 1. The summed E-state index contributed by atoms with van der Waals surface area (Å²) in [4.78, 5) is 12.8. The molecular weight excluding hydrogens is 237 g/mol. The van der Waals surface area contributed by atoms with E-state index in [1.54, 1.807) is 18.9 Å². The summed E-state index contributed by atoms with van der Waals surface area (Å²) in [6, 6.07) is -2.27. The van der Waals surface area contributed by atoms with E-state index in [0.717, 1.165) is 0 Å². The van der Waals surface area contributed by atoms with Gasteiger partial charge in [0.05, 0.1) is 6.10 Å². The van der Waals surface area contributed by atoms with Crippen molar-refractivity contribution in [2.24, 2.45) is 0 Å². The number of rotatable bonds is 3. The second-order valence-corrected chi connectivity index (χ2v) is 4.54. The van der Waals surface area contributed by atoms with Crippen LogP contribution in [0.3, 0.4) is 0 Å². The molecule has 1 aliphatic rings. The van der Waals surface area contributed by atoms with Gasteiger partial charge in [-0.25, -0.2) is 0 Å². The SMILES string of the molecule is CC(O)CN(C)C1CC(=O)NC(C(F)(F)F)C1. The van der Waals surface area contributed by atoms with E-state index in [2.05, 4.69) is 0 Å². The number of likely N-dealkylation sites (N-methyl/N-ethyl adjacent to an activating group) is 1. The number of carbonyl (C=O) groups excluding carboxylic acids is 1. The number of hydrogen-bond donors (Lipinski definition) is 2. The zero-order valence-corrected chi connectivity index (χ0v) is 9.79. The fourth-order valence-corrected chi connectivity index (χ4v) is 2.00. The third-order valence-electron chi connectivity index (χ3n) is 2.83. The van der Waals surface area contributed by atoms with Gasteiger partial charge in [0.15, 0.2) is 0 Å². The molecule has 0 aliphatic carbocycles. The Bertz CT molecular complexity index is 281. The van der Waals surface area contributed by atoms with Crippen LogP contribution in [0, 0.1) is 0 Å². The van der Waals surface area contributed by atoms with Crippen LogP contribution in [0.2, 0.25) is 0 Å². The van der Waals surface area contributed by atoms with Crippen LogP contribution in [0.4, 0.5) is 13.2 Å². The first-order chi connectivity index (χ1) is 7.70. The Kier molecular flexibility index (Phi) is 4.37. The summed E-state index contributed by atoms with van der Waals surface area (Å²) in [5, 5.41) is 11.1. The van der Waals surface area contributed by atoms with E-state index in [1.165, 1.54) is 0 Å². The number of alkyl halides is 3. The Morgan fingerprint density at radius 2 is 2.18 bits per heavy atom. The van der Waals surface area contributed by atoms with Gasteiger partial charge in [0, 0.05) is 19.0 Å². The fourth-order valence-electron chi connectivity index (χ4n) is 2.00. The molecule has 100 valence electrons. The van der Waals surface area contributed by atoms with E-state index in [1.807, 2.05) is 5.32 Å². The van der Waals surface area contributed by atoms with E-state index in [0.29, 0.717) is 0 Å². The summed E-state index contributed by atoms with van der Waals surface area (Å²) in [6.07, 6.45) is -5.18. The number of piperidine rings is 1. The minimum absolute atomic E-state index is 0.0375. The summed E-state index contributed by atoms with van der Waals surface area (Å²) < 4.78 is 37.6. The molecular formula is C10H17F3N2O2. The minimum Gasteiger partial charge on any atom is -0.392 e. The quantitative estimate of drug-likeness (QED) is 0.771. The fraction of sp³-hybridized carbons (Fsp3) is 0.900. The Morgan fingerprint density at radius 1 is 1.59 bits per heavy atom. The third kappa shape index (κ3) is 4.16. The first-order valence-corrected chi connectivity index (χ1v) is 5.44. The predicted octanol–water partition coefficient (Wildman–Crippen LogP) is 0.508. The van der Waals surface area contributed by atoms with Crippen LogP contribution >= 0.6 is 0 Å². The lowest BCUT2D eigenvalue weighted by Crippen LogP contribution is -2.55. The molecule has 0 aromatic rings. The Hall–Kier alpha value is -0.820. The number of halogens is 3. The normalized spacial score (nSPS) is 28.1. The zero-order valence-electron chi connectivity index (χ0n) is 9.79. The van der Waals surface area contributed by atoms with Gasteiger partial charge in [-0.2, -0.15) is 13.2 Å². The van der Waals surface area contributed by atoms with E-state index < -0.39 is 30.3 Å². The van der Waals surface area contributed by atoms with E-state index in [9.17, 15) is 23.1 Å². The lowest BCUT2D eigenvalue weighted by molar-refractivity contribution is -0.171. The van der Waals surface area contributed by atoms with Crippen LogP contribution in [0.25, 0.3) is 0 Å². The lowest BCUT2D eigenvalue weighted by atomic mass is 9.97. The van der Waals surface area contributed by atoms with Gasteiger partial charge in [0.1, 0.15) is 6.04 Å². The van der Waals surface area contributed by atoms with Crippen molar-refractivity contribution in [3.63, 3.8) is 0 Å². The number of nitrogens with one attached hydrogen (secondary N) is 1. The van der Waals surface area contributed by atoms with Crippen LogP contribution in [0.5, 0.6) is 0 Å². The molecule has 0 radical (unpaired) electrons. The van der Waals surface area contributed by atoms with Crippen molar-refractivity contribution in [2.75, 3.05) is 13.6 Å². The molecule has 3 unspecified atom stereocenters. The van der Waals surface area contributed by atoms with Crippen LogP contribution < -0.4 is 5.32 Å². The summed E-state index contributed by atoms with van der Waals surface area (Å²) in [5.41, 5.74) is 0. The van der Waals surface area contributed by atoms with Crippen molar-refractivity contribution in [1.82, 2.24) is 10.2 Å². The van der Waals surface area contributed by atoms with Gasteiger partial charge >= 0.3 is 6.18 Å². The van der Waals surface area contributed by atoms with Gasteiger partial charge in [0.25, 0.3) is 0 Å². The van der Waals surface area contributed by atoms with E-state index in [-0.39, 0.29) is 19.4 Å². The first-order valence-electron chi connectivity index (χ1n) is 5.44. The molecule has 0 aromatic carbocycles. The van der Waals surface area contributed by atoms with E-state index >= 15 is 0 Å². The van der Waals surface area contributed by atoms with Crippen LogP contribution in [-0.2, 0) is 4.79 Å². The molecule has 0 saturated carbocycles. The van der Waals surface area contributed by atoms with Gasteiger partial charge < -0.3 is 15.3 Å². The maximum absolute atomic E-state index is 12.5. The number of aliphatic hydroxyl groups is 1. The minimum atomic E-state index is -4.42. The molecule has 17 heavy (non-hydrogen) atoms. The average molecular weight is 254 g/mol. The Balaban J connectivity index is 2.65. The predicted molar refractivity (Wildman–Crippen MR) is 55.3 cm³/mol. The standard InChI is InChI=1S/C10H17F3N2O2/c1-6(16)5-15(2)7-3-8(10(11,12)13)14-9(17)4-7/h6-8,16H,3-5H2,1-2H3,(H,14,17). The molecule has 1 fully saturated rings. The molecule has 0 spiro atoms. The maximum atomic E-state index is 12.5. The Labute approximate surface area is 97.8 Å². The zero-order chi connectivity index (χ0) is 13.2. The molecule has 4 nitrogen and oxygen atoms in total. The van der Waals surface area contributed by atoms with Gasteiger partial charge in [-0.15, -0.1) is 0 Å². The highest BCUT2D eigenvalue weighted by molar-refractivity contribution is 5.78. The molecule has 2 N–H and O–H groups in total. The van der Waals surface area contributed by atoms with Crippen LogP contribution in [0.15, 0.2) is 0 Å². The van der Waals surface area contributed by atoms with Crippen LogP contribution in [-0.4, -0.2) is 53.9 Å². The number of carbonyl (C=O) groups is 1. The van der Waals surface area contributed by atoms with Gasteiger partial charge in [-0.05, 0) is 20.4 Å². The highest BCUT2D eigenvalue weighted by Crippen LogP contribution is 2.28. The lowest BCUT2D eigenvalue weighted by Gasteiger charge is -2.36. The topological polar surface area (TPSA) is 52.6 Å². The van der Waals surface area contributed by atoms with Crippen molar-refractivity contribution >= 4 is 5.91 Å². The number of nitrogens with zero attached hydrogens (tertiary/aromatic N) is 1. The van der Waals surface area contributed by atoms with Gasteiger partial charge in [0.2, 0.25) is 5.91 Å². The molecule has 1 amide bonds. The number of hydrogen-bond acceptors (Lipinski definition) is 3. The molecule has 1 rings (SSSR count). The van der Waals surface area contributed by atoms with Crippen molar-refractivity contribution in [3.05, 3.63) is 0 Å². The Morgan fingerprint density at radius 3 is 2.65 bits per heavy atom. The highest BCUT2D eigenvalue weighted by atomic mass is 19.4. The van der Waals surface area contributed by atoms with Crippen molar-refractivity contribution in [3.8, 4) is 0 Å². The van der Waals surface area contributed by atoms with Gasteiger partial charge in [-0.1, -0.05) is 0 Å². The number of amides is 1. The van der Waals surface area contributed by atoms with E-state index in [4.69, 9.17) is 0 Å². The smallest absolute Gasteiger partial charge is 0.392 e. The second-order valence-electron chi connectivity index (χ2n) is 4.54. The largest absolute Gasteiger partial charge is 0.408 e. The summed E-state index contributed by atoms with van der Waals surface area (Å²) in [6.45, 7) is 1.81. The molecule has 1 heterocycles. The maximum Gasteiger partial charge on any atom is 0.408 e. The van der Waals surface area contributed by atoms with Crippen molar-refractivity contribution in [1.29, 1.82) is 0 Å². The van der Waals surface area contributed by atoms with Crippen LogP contribution in [0.1, 0.15) is 19.8 Å². The van der Waals surface area contributed by atoms with Crippen molar-refractivity contribution < 1.29 is 23.1 Å². The first kappa shape index (κ1) is 14.2. The summed E-state index contributed by atoms with van der Waals surface area (Å²) in [7, 11) is 1.61. The van der Waals surface area contributed by atoms with Gasteiger partial charge in [-0.3, -0.25) is 4.79 Å². The second kappa shape index (κ2) is 5.22. The summed E-state index contributed by atoms with van der Waals surface area (Å²) >= 11 is 0. The monoisotopic (exact) mass is 254 g/mol. The molecule has 1 saturated heterocycles. The molecule has 1 aliphatic heterocycles. The third-order valence-corrected chi connectivity index (χ3v) is 2.83. The van der Waals surface area contributed by atoms with Crippen molar-refractivity contribution in [2.45, 2.75) is 44.1 Å².